The number of ether oxygens (including phenoxy) is 1. The number of halogens is 18. The maximum Gasteiger partial charge on any atom is 0.460 e. The van der Waals surface area contributed by atoms with Crippen molar-refractivity contribution in [2.45, 2.75) is 42.2 Å². The molecule has 0 N–H and O–H groups in total. The zero-order valence-corrected chi connectivity index (χ0v) is 12.4. The number of alkyl halides is 16. The molecule has 19 heteroatoms. The second kappa shape index (κ2) is 7.29. The van der Waals surface area contributed by atoms with Crippen molar-refractivity contribution in [3.05, 3.63) is 11.7 Å². The van der Waals surface area contributed by atoms with Crippen molar-refractivity contribution in [2.75, 3.05) is 6.61 Å². The summed E-state index contributed by atoms with van der Waals surface area (Å²) in [5.74, 6) is -38.5. The van der Waals surface area contributed by atoms with Crippen LogP contribution in [-0.2, 0) is 4.74 Å². The summed E-state index contributed by atoms with van der Waals surface area (Å²) in [5, 5.41) is 0. The van der Waals surface area contributed by atoms with Crippen LogP contribution in [0.4, 0.5) is 79.0 Å². The minimum Gasteiger partial charge on any atom is -0.308 e. The quantitative estimate of drug-likeness (QED) is 0.383. The lowest BCUT2D eigenvalue weighted by molar-refractivity contribution is -0.374. The van der Waals surface area contributed by atoms with Gasteiger partial charge in [0.15, 0.2) is 0 Å². The van der Waals surface area contributed by atoms with Crippen molar-refractivity contribution >= 4 is 0 Å². The molecule has 0 aromatic heterocycles. The molecule has 174 valence electrons. The summed E-state index contributed by atoms with van der Waals surface area (Å²) in [5.41, 5.74) is 0. The number of hydrogen-bond acceptors (Lipinski definition) is 1. The van der Waals surface area contributed by atoms with E-state index in [1.165, 1.54) is 0 Å². The molecule has 0 spiro atoms. The fourth-order valence-corrected chi connectivity index (χ4v) is 1.12. The summed E-state index contributed by atoms with van der Waals surface area (Å²) in [4.78, 5) is 0. The Morgan fingerprint density at radius 2 is 0.862 bits per heavy atom. The van der Waals surface area contributed by atoms with Gasteiger partial charge in [0, 0.05) is 0 Å². The first-order valence-electron chi connectivity index (χ1n) is 6.00. The molecule has 0 fully saturated rings. The Bertz CT molecular complexity index is 622. The van der Waals surface area contributed by atoms with Crippen LogP contribution in [0.25, 0.3) is 0 Å². The lowest BCUT2D eigenvalue weighted by atomic mass is 10.1. The molecule has 0 saturated heterocycles. The molecule has 0 aromatic carbocycles. The Balaban J connectivity index is 5.93. The lowest BCUT2D eigenvalue weighted by Crippen LogP contribution is -2.55. The van der Waals surface area contributed by atoms with Gasteiger partial charge in [0.25, 0.3) is 0 Å². The number of rotatable bonds is 7. The van der Waals surface area contributed by atoms with Gasteiger partial charge >= 0.3 is 42.2 Å². The summed E-state index contributed by atoms with van der Waals surface area (Å²) in [7, 11) is 0. The second-order valence-electron chi connectivity index (χ2n) is 4.86. The molecule has 0 rings (SSSR count). The molecule has 0 aromatic rings. The molecule has 0 unspecified atom stereocenters. The largest absolute Gasteiger partial charge is 0.460 e. The second-order valence-corrected chi connectivity index (χ2v) is 4.86. The SMILES string of the molecule is FC(=C(F)C(F)(F)C(F)(F)C(F)(F)F)C(F)(F)OCC(F)(F)C(F)(F)C(F)(F)F. The highest BCUT2D eigenvalue weighted by Gasteiger charge is 2.77. The van der Waals surface area contributed by atoms with E-state index in [4.69, 9.17) is 0 Å². The molecule has 0 atom stereocenters. The monoisotopic (exact) mass is 480 g/mol. The zero-order chi connectivity index (χ0) is 24.1. The van der Waals surface area contributed by atoms with Crippen molar-refractivity contribution in [3.8, 4) is 0 Å². The van der Waals surface area contributed by atoms with Crippen molar-refractivity contribution < 1.29 is 83.8 Å². The van der Waals surface area contributed by atoms with Crippen molar-refractivity contribution in [3.63, 3.8) is 0 Å². The highest BCUT2D eigenvalue weighted by atomic mass is 19.4. The van der Waals surface area contributed by atoms with Gasteiger partial charge in [-0.1, -0.05) is 0 Å². The standard InChI is InChI=1S/C10H2F18O/c11-2(5(15,16)8(21,22)10(26,27)28)3(12)6(17,18)29-1-4(13,14)7(19,20)9(23,24)25/h1H2. The Hall–Kier alpha value is -1.56. The summed E-state index contributed by atoms with van der Waals surface area (Å²) in [6.45, 7) is -3.87. The minimum absolute atomic E-state index is 2.16. The van der Waals surface area contributed by atoms with Gasteiger partial charge in [-0.05, 0) is 0 Å². The molecule has 0 amide bonds. The van der Waals surface area contributed by atoms with Gasteiger partial charge in [0.2, 0.25) is 11.7 Å². The summed E-state index contributed by atoms with van der Waals surface area (Å²) in [6, 6.07) is 0. The molecule has 29 heavy (non-hydrogen) atoms. The van der Waals surface area contributed by atoms with Crippen molar-refractivity contribution in [2.24, 2.45) is 0 Å². The summed E-state index contributed by atoms with van der Waals surface area (Å²) in [6.07, 6.45) is -21.2. The van der Waals surface area contributed by atoms with E-state index in [0.29, 0.717) is 0 Å². The van der Waals surface area contributed by atoms with E-state index in [-0.39, 0.29) is 0 Å². The van der Waals surface area contributed by atoms with Crippen LogP contribution in [0.2, 0.25) is 0 Å². The molecule has 0 aliphatic heterocycles. The molecular weight excluding hydrogens is 478 g/mol. The molecule has 0 bridgehead atoms. The molecular formula is C10H2F18O. The fourth-order valence-electron chi connectivity index (χ4n) is 1.12. The van der Waals surface area contributed by atoms with E-state index < -0.39 is 60.4 Å². The van der Waals surface area contributed by atoms with Crippen LogP contribution in [0.1, 0.15) is 0 Å². The third-order valence-electron chi connectivity index (χ3n) is 2.72. The predicted octanol–water partition coefficient (Wildman–Crippen LogP) is 6.41. The smallest absolute Gasteiger partial charge is 0.308 e. The predicted molar refractivity (Wildman–Crippen MR) is 52.0 cm³/mol. The summed E-state index contributed by atoms with van der Waals surface area (Å²) < 4.78 is 225. The van der Waals surface area contributed by atoms with E-state index >= 15 is 0 Å². The number of hydrogen-bond donors (Lipinski definition) is 0. The Labute approximate surface area is 145 Å². The van der Waals surface area contributed by atoms with Crippen LogP contribution in [0, 0.1) is 0 Å². The Kier molecular flexibility index (Phi) is 6.90. The van der Waals surface area contributed by atoms with Crippen LogP contribution < -0.4 is 0 Å². The minimum atomic E-state index is -7.55. The topological polar surface area (TPSA) is 9.23 Å². The van der Waals surface area contributed by atoms with Gasteiger partial charge in [-0.15, -0.1) is 0 Å². The van der Waals surface area contributed by atoms with Gasteiger partial charge in [0.1, 0.15) is 6.61 Å². The maximum atomic E-state index is 12.9. The Morgan fingerprint density at radius 3 is 1.17 bits per heavy atom. The van der Waals surface area contributed by atoms with Crippen molar-refractivity contribution in [1.29, 1.82) is 0 Å². The molecule has 0 heterocycles. The van der Waals surface area contributed by atoms with E-state index in [2.05, 4.69) is 4.74 Å². The van der Waals surface area contributed by atoms with E-state index in [0.717, 1.165) is 0 Å². The third kappa shape index (κ3) is 4.79. The van der Waals surface area contributed by atoms with Crippen LogP contribution in [0.3, 0.4) is 0 Å². The van der Waals surface area contributed by atoms with Crippen LogP contribution >= 0.6 is 0 Å². The first-order valence-corrected chi connectivity index (χ1v) is 6.00. The van der Waals surface area contributed by atoms with E-state index in [1.54, 1.807) is 0 Å². The third-order valence-corrected chi connectivity index (χ3v) is 2.72. The molecule has 0 aliphatic rings. The lowest BCUT2D eigenvalue weighted by Gasteiger charge is -2.30. The first kappa shape index (κ1) is 27.4. The number of allylic oxidation sites excluding steroid dienone is 1. The van der Waals surface area contributed by atoms with Gasteiger partial charge in [-0.3, -0.25) is 0 Å². The average Bonchev–Trinajstić information content (AvgIpc) is 2.49. The normalized spacial score (nSPS) is 16.8. The Morgan fingerprint density at radius 1 is 0.517 bits per heavy atom. The van der Waals surface area contributed by atoms with Crippen LogP contribution in [0.15, 0.2) is 11.7 Å². The maximum absolute atomic E-state index is 12.9. The van der Waals surface area contributed by atoms with E-state index in [9.17, 15) is 79.0 Å². The van der Waals surface area contributed by atoms with Crippen molar-refractivity contribution in [1.82, 2.24) is 0 Å². The molecule has 0 aliphatic carbocycles. The van der Waals surface area contributed by atoms with E-state index in [1.807, 2.05) is 0 Å². The average molecular weight is 480 g/mol. The van der Waals surface area contributed by atoms with Gasteiger partial charge in [-0.25, -0.2) is 4.39 Å². The van der Waals surface area contributed by atoms with Crippen LogP contribution in [-0.4, -0.2) is 48.8 Å². The molecule has 0 radical (unpaired) electrons. The van der Waals surface area contributed by atoms with Gasteiger partial charge in [0.05, 0.1) is 0 Å². The fraction of sp³-hybridized carbons (Fsp3) is 0.800. The van der Waals surface area contributed by atoms with Gasteiger partial charge in [-0.2, -0.15) is 74.6 Å². The molecule has 0 saturated carbocycles. The zero-order valence-electron chi connectivity index (χ0n) is 12.4. The summed E-state index contributed by atoms with van der Waals surface area (Å²) >= 11 is 0. The highest BCUT2D eigenvalue weighted by Crippen LogP contribution is 2.52. The highest BCUT2D eigenvalue weighted by molar-refractivity contribution is 5.19. The van der Waals surface area contributed by atoms with Gasteiger partial charge < -0.3 is 4.74 Å². The van der Waals surface area contributed by atoms with Crippen LogP contribution in [0.5, 0.6) is 0 Å². The molecule has 1 nitrogen and oxygen atoms in total. The first-order chi connectivity index (χ1) is 12.3.